The minimum Gasteiger partial charge on any atom is -0.475 e. The van der Waals surface area contributed by atoms with Crippen molar-refractivity contribution >= 4 is 15.8 Å². The number of sulfone groups is 1. The molecule has 16 heavy (non-hydrogen) atoms. The summed E-state index contributed by atoms with van der Waals surface area (Å²) in [5.74, 6) is -1.93. The van der Waals surface area contributed by atoms with E-state index in [-0.39, 0.29) is 17.4 Å². The highest BCUT2D eigenvalue weighted by Gasteiger charge is 2.20. The molecule has 1 N–H and O–H groups in total. The first-order valence-electron chi connectivity index (χ1n) is 4.73. The molecule has 0 bridgehead atoms. The second-order valence-electron chi connectivity index (χ2n) is 3.51. The maximum atomic E-state index is 11.0. The zero-order valence-electron chi connectivity index (χ0n) is 9.06. The minimum atomic E-state index is -3.27. The SMILES string of the molecule is CCCc1nc(CS(C)(=O)=O)oc1C(=O)O. The van der Waals surface area contributed by atoms with Gasteiger partial charge in [0.15, 0.2) is 9.84 Å². The van der Waals surface area contributed by atoms with E-state index in [1.54, 1.807) is 0 Å². The van der Waals surface area contributed by atoms with E-state index in [0.717, 1.165) is 6.26 Å². The Hall–Kier alpha value is -1.37. The molecule has 1 rings (SSSR count). The quantitative estimate of drug-likeness (QED) is 0.829. The van der Waals surface area contributed by atoms with Gasteiger partial charge in [0, 0.05) is 6.26 Å². The molecule has 0 spiro atoms. The molecule has 0 aliphatic rings. The van der Waals surface area contributed by atoms with Crippen LogP contribution in [0.25, 0.3) is 0 Å². The summed E-state index contributed by atoms with van der Waals surface area (Å²) in [7, 11) is -3.27. The standard InChI is InChI=1S/C9H13NO5S/c1-3-4-6-8(9(11)12)15-7(10-6)5-16(2,13)14/h3-5H2,1-2H3,(H,11,12). The van der Waals surface area contributed by atoms with Crippen LogP contribution in [-0.4, -0.2) is 30.7 Å². The number of hydrogen-bond acceptors (Lipinski definition) is 5. The lowest BCUT2D eigenvalue weighted by Crippen LogP contribution is -2.00. The summed E-state index contributed by atoms with van der Waals surface area (Å²) in [6.45, 7) is 1.87. The van der Waals surface area contributed by atoms with E-state index >= 15 is 0 Å². The third-order valence-electron chi connectivity index (χ3n) is 1.81. The van der Waals surface area contributed by atoms with E-state index in [9.17, 15) is 13.2 Å². The van der Waals surface area contributed by atoms with Gasteiger partial charge in [0.25, 0.3) is 0 Å². The van der Waals surface area contributed by atoms with Crippen LogP contribution >= 0.6 is 0 Å². The molecule has 6 nitrogen and oxygen atoms in total. The molecule has 0 aliphatic carbocycles. The highest BCUT2D eigenvalue weighted by molar-refractivity contribution is 7.89. The lowest BCUT2D eigenvalue weighted by Gasteiger charge is -1.91. The Morgan fingerprint density at radius 1 is 1.50 bits per heavy atom. The van der Waals surface area contributed by atoms with Crippen LogP contribution in [0.4, 0.5) is 0 Å². The molecule has 0 fully saturated rings. The molecule has 0 amide bonds. The van der Waals surface area contributed by atoms with E-state index in [4.69, 9.17) is 9.52 Å². The zero-order chi connectivity index (χ0) is 12.3. The summed E-state index contributed by atoms with van der Waals surface area (Å²) in [6.07, 6.45) is 2.21. The van der Waals surface area contributed by atoms with Crippen LogP contribution in [0.5, 0.6) is 0 Å². The van der Waals surface area contributed by atoms with Crippen LogP contribution in [-0.2, 0) is 22.0 Å². The van der Waals surface area contributed by atoms with E-state index < -0.39 is 15.8 Å². The molecular formula is C9H13NO5S. The molecule has 0 saturated carbocycles. The smallest absolute Gasteiger partial charge is 0.373 e. The topological polar surface area (TPSA) is 97.5 Å². The van der Waals surface area contributed by atoms with Gasteiger partial charge in [-0.3, -0.25) is 0 Å². The number of aryl methyl sites for hydroxylation is 1. The fourth-order valence-electron chi connectivity index (χ4n) is 1.26. The maximum absolute atomic E-state index is 11.0. The lowest BCUT2D eigenvalue weighted by molar-refractivity contribution is 0.0659. The molecule has 1 aromatic rings. The second kappa shape index (κ2) is 4.65. The first-order valence-corrected chi connectivity index (χ1v) is 6.79. The van der Waals surface area contributed by atoms with Crippen molar-refractivity contribution in [3.63, 3.8) is 0 Å². The highest BCUT2D eigenvalue weighted by atomic mass is 32.2. The number of hydrogen-bond donors (Lipinski definition) is 1. The molecule has 0 radical (unpaired) electrons. The number of nitrogens with zero attached hydrogens (tertiary/aromatic N) is 1. The van der Waals surface area contributed by atoms with Crippen LogP contribution in [0.1, 0.15) is 35.5 Å². The van der Waals surface area contributed by atoms with Crippen molar-refractivity contribution in [1.82, 2.24) is 4.98 Å². The number of carboxylic acids is 1. The fraction of sp³-hybridized carbons (Fsp3) is 0.556. The summed E-state index contributed by atoms with van der Waals surface area (Å²) in [5, 5.41) is 8.82. The monoisotopic (exact) mass is 247 g/mol. The summed E-state index contributed by atoms with van der Waals surface area (Å²) in [4.78, 5) is 14.7. The molecule has 0 atom stereocenters. The van der Waals surface area contributed by atoms with Gasteiger partial charge < -0.3 is 9.52 Å². The Kier molecular flexibility index (Phi) is 3.69. The predicted octanol–water partition coefficient (Wildman–Crippen LogP) is 0.870. The van der Waals surface area contributed by atoms with Gasteiger partial charge in [-0.2, -0.15) is 0 Å². The van der Waals surface area contributed by atoms with Crippen molar-refractivity contribution < 1.29 is 22.7 Å². The number of carboxylic acid groups (broad SMARTS) is 1. The average Bonchev–Trinajstić information content (AvgIpc) is 2.45. The lowest BCUT2D eigenvalue weighted by atomic mass is 10.2. The van der Waals surface area contributed by atoms with Gasteiger partial charge in [-0.05, 0) is 6.42 Å². The van der Waals surface area contributed by atoms with Crippen molar-refractivity contribution in [2.45, 2.75) is 25.5 Å². The predicted molar refractivity (Wildman–Crippen MR) is 56.0 cm³/mol. The fourth-order valence-corrected chi connectivity index (χ4v) is 1.83. The van der Waals surface area contributed by atoms with Crippen molar-refractivity contribution in [1.29, 1.82) is 0 Å². The highest BCUT2D eigenvalue weighted by Crippen LogP contribution is 2.15. The van der Waals surface area contributed by atoms with E-state index in [2.05, 4.69) is 4.98 Å². The number of rotatable bonds is 5. The summed E-state index contributed by atoms with van der Waals surface area (Å²) in [5.41, 5.74) is 0.300. The molecule has 90 valence electrons. The zero-order valence-corrected chi connectivity index (χ0v) is 9.87. The second-order valence-corrected chi connectivity index (χ2v) is 5.65. The number of oxazole rings is 1. The molecule has 0 aliphatic heterocycles. The van der Waals surface area contributed by atoms with E-state index in [1.807, 2.05) is 6.92 Å². The summed E-state index contributed by atoms with van der Waals surface area (Å²) >= 11 is 0. The molecule has 0 unspecified atom stereocenters. The molecule has 0 saturated heterocycles. The largest absolute Gasteiger partial charge is 0.475 e. The van der Waals surface area contributed by atoms with Crippen molar-refractivity contribution in [2.24, 2.45) is 0 Å². The van der Waals surface area contributed by atoms with Crippen LogP contribution < -0.4 is 0 Å². The van der Waals surface area contributed by atoms with Gasteiger partial charge in [-0.1, -0.05) is 13.3 Å². The van der Waals surface area contributed by atoms with Gasteiger partial charge in [-0.15, -0.1) is 0 Å². The van der Waals surface area contributed by atoms with Crippen molar-refractivity contribution in [3.05, 3.63) is 17.3 Å². The van der Waals surface area contributed by atoms with E-state index in [1.165, 1.54) is 0 Å². The van der Waals surface area contributed by atoms with Gasteiger partial charge in [0.1, 0.15) is 5.75 Å². The maximum Gasteiger partial charge on any atom is 0.373 e. The molecule has 1 heterocycles. The molecule has 7 heteroatoms. The Labute approximate surface area is 93.2 Å². The van der Waals surface area contributed by atoms with E-state index in [0.29, 0.717) is 18.5 Å². The van der Waals surface area contributed by atoms with Gasteiger partial charge >= 0.3 is 5.97 Å². The summed E-state index contributed by atoms with van der Waals surface area (Å²) in [6, 6.07) is 0. The van der Waals surface area contributed by atoms with Crippen LogP contribution in [0.2, 0.25) is 0 Å². The van der Waals surface area contributed by atoms with Crippen molar-refractivity contribution in [3.8, 4) is 0 Å². The van der Waals surface area contributed by atoms with Crippen LogP contribution in [0, 0.1) is 0 Å². The Bertz CT molecular complexity index is 488. The Morgan fingerprint density at radius 2 is 2.12 bits per heavy atom. The molecular weight excluding hydrogens is 234 g/mol. The number of carbonyl (C=O) groups is 1. The average molecular weight is 247 g/mol. The van der Waals surface area contributed by atoms with Crippen molar-refractivity contribution in [2.75, 3.05) is 6.26 Å². The first kappa shape index (κ1) is 12.7. The van der Waals surface area contributed by atoms with Crippen LogP contribution in [0.3, 0.4) is 0 Å². The first-order chi connectivity index (χ1) is 7.33. The number of aromatic nitrogens is 1. The van der Waals surface area contributed by atoms with Gasteiger partial charge in [0.05, 0.1) is 5.69 Å². The van der Waals surface area contributed by atoms with Gasteiger partial charge in [0.2, 0.25) is 11.7 Å². The normalized spacial score (nSPS) is 11.6. The third-order valence-corrected chi connectivity index (χ3v) is 2.58. The Balaban J connectivity index is 3.06. The van der Waals surface area contributed by atoms with Crippen LogP contribution in [0.15, 0.2) is 4.42 Å². The molecule has 1 aromatic heterocycles. The molecule has 0 aromatic carbocycles. The number of aromatic carboxylic acids is 1. The van der Waals surface area contributed by atoms with Gasteiger partial charge in [-0.25, -0.2) is 18.2 Å². The minimum absolute atomic E-state index is 0.0663. The summed E-state index contributed by atoms with van der Waals surface area (Å²) < 4.78 is 26.9. The Morgan fingerprint density at radius 3 is 2.56 bits per heavy atom. The third kappa shape index (κ3) is 3.34.